The number of fused-ring (bicyclic) bond motifs is 1. The number of amides is 1. The van der Waals surface area contributed by atoms with Gasteiger partial charge in [0, 0.05) is 33.6 Å². The van der Waals surface area contributed by atoms with E-state index in [9.17, 15) is 13.2 Å². The van der Waals surface area contributed by atoms with Crippen molar-refractivity contribution in [1.29, 1.82) is 0 Å². The monoisotopic (exact) mass is 606 g/mol. The first-order chi connectivity index (χ1) is 17.1. The molecule has 186 valence electrons. The van der Waals surface area contributed by atoms with Gasteiger partial charge in [-0.2, -0.15) is 0 Å². The summed E-state index contributed by atoms with van der Waals surface area (Å²) in [4.78, 5) is 12.9. The van der Waals surface area contributed by atoms with Crippen molar-refractivity contribution >= 4 is 71.7 Å². The molecular formula is C26H21BrCl2N2O4S. The lowest BCUT2D eigenvalue weighted by atomic mass is 10.0. The van der Waals surface area contributed by atoms with Crippen LogP contribution in [0.2, 0.25) is 10.0 Å². The number of furan rings is 1. The van der Waals surface area contributed by atoms with Gasteiger partial charge < -0.3 is 9.73 Å². The topological polar surface area (TPSA) is 88.4 Å². The van der Waals surface area contributed by atoms with Gasteiger partial charge in [0.05, 0.1) is 22.0 Å². The minimum absolute atomic E-state index is 0.209. The highest BCUT2D eigenvalue weighted by Gasteiger charge is 2.31. The lowest BCUT2D eigenvalue weighted by Gasteiger charge is -2.13. The number of halogens is 3. The first-order valence-electron chi connectivity index (χ1n) is 11.2. The second-order valence-corrected chi connectivity index (χ2v) is 12.1. The number of carbonyl (C=O) groups is 1. The van der Waals surface area contributed by atoms with E-state index in [1.54, 1.807) is 55.6 Å². The molecule has 0 bridgehead atoms. The fourth-order valence-electron chi connectivity index (χ4n) is 4.19. The van der Waals surface area contributed by atoms with Gasteiger partial charge in [-0.1, -0.05) is 29.3 Å². The summed E-state index contributed by atoms with van der Waals surface area (Å²) in [6.45, 7) is 0. The molecule has 0 spiro atoms. The Morgan fingerprint density at radius 3 is 2.44 bits per heavy atom. The van der Waals surface area contributed by atoms with Crippen molar-refractivity contribution in [3.8, 4) is 11.3 Å². The Morgan fingerprint density at radius 1 is 1.08 bits per heavy atom. The zero-order valence-electron chi connectivity index (χ0n) is 19.1. The third-order valence-corrected chi connectivity index (χ3v) is 8.77. The number of sulfonamides is 1. The molecule has 1 heterocycles. The van der Waals surface area contributed by atoms with Crippen molar-refractivity contribution in [2.24, 2.45) is 0 Å². The molecular weight excluding hydrogens is 587 g/mol. The van der Waals surface area contributed by atoms with Crippen LogP contribution in [0.3, 0.4) is 0 Å². The highest BCUT2D eigenvalue weighted by molar-refractivity contribution is 9.10. The van der Waals surface area contributed by atoms with Crippen LogP contribution in [0.25, 0.3) is 22.3 Å². The maximum atomic E-state index is 13.1. The molecule has 10 heteroatoms. The molecule has 0 atom stereocenters. The van der Waals surface area contributed by atoms with E-state index in [0.29, 0.717) is 53.6 Å². The van der Waals surface area contributed by atoms with Gasteiger partial charge >= 0.3 is 0 Å². The zero-order chi connectivity index (χ0) is 25.6. The molecule has 2 N–H and O–H groups in total. The highest BCUT2D eigenvalue weighted by Crippen LogP contribution is 2.47. The predicted molar refractivity (Wildman–Crippen MR) is 147 cm³/mol. The third-order valence-electron chi connectivity index (χ3n) is 6.04. The van der Waals surface area contributed by atoms with Crippen molar-refractivity contribution in [2.75, 3.05) is 11.8 Å². The first-order valence-corrected chi connectivity index (χ1v) is 14.4. The number of benzene rings is 3. The lowest BCUT2D eigenvalue weighted by Crippen LogP contribution is -2.18. The van der Waals surface area contributed by atoms with Crippen LogP contribution in [0.15, 0.2) is 63.5 Å². The Labute approximate surface area is 227 Å². The van der Waals surface area contributed by atoms with Crippen molar-refractivity contribution in [3.63, 3.8) is 0 Å². The second-order valence-electron chi connectivity index (χ2n) is 8.71. The molecule has 1 amide bonds. The number of hydrogen-bond donors (Lipinski definition) is 2. The van der Waals surface area contributed by atoms with Gasteiger partial charge in [-0.15, -0.1) is 0 Å². The van der Waals surface area contributed by atoms with E-state index in [1.165, 1.54) is 0 Å². The zero-order valence-corrected chi connectivity index (χ0v) is 23.0. The molecule has 6 nitrogen and oxygen atoms in total. The molecule has 1 aliphatic carbocycles. The standard InChI is InChI=1S/C26H21BrCl2N2O4S/c1-30-26(32)24-19-11-18(15-3-4-15)22(12-23(19)35-25(24)16-5-7-17(28)8-6-16)31-36(33,34)13-14-2-9-20(27)21(29)10-14/h2,5-12,15,31H,3-4,13H2,1H3,(H,30,32). The number of rotatable bonds is 7. The minimum Gasteiger partial charge on any atom is -0.455 e. The van der Waals surface area contributed by atoms with Crippen LogP contribution in [0, 0.1) is 0 Å². The molecule has 3 aromatic carbocycles. The molecule has 0 aliphatic heterocycles. The van der Waals surface area contributed by atoms with Crippen LogP contribution in [0.1, 0.15) is 40.2 Å². The highest BCUT2D eigenvalue weighted by atomic mass is 79.9. The minimum atomic E-state index is -3.75. The molecule has 1 fully saturated rings. The predicted octanol–water partition coefficient (Wildman–Crippen LogP) is 7.35. The summed E-state index contributed by atoms with van der Waals surface area (Å²) < 4.78 is 35.8. The third kappa shape index (κ3) is 5.13. The van der Waals surface area contributed by atoms with Crippen molar-refractivity contribution in [2.45, 2.75) is 24.5 Å². The molecule has 1 aromatic heterocycles. The van der Waals surface area contributed by atoms with E-state index in [2.05, 4.69) is 26.0 Å². The Balaban J connectivity index is 1.59. The van der Waals surface area contributed by atoms with Crippen molar-refractivity contribution < 1.29 is 17.6 Å². The van der Waals surface area contributed by atoms with Crippen LogP contribution in [-0.4, -0.2) is 21.4 Å². The van der Waals surface area contributed by atoms with E-state index in [0.717, 1.165) is 18.4 Å². The van der Waals surface area contributed by atoms with Crippen LogP contribution in [-0.2, 0) is 15.8 Å². The van der Waals surface area contributed by atoms with Crippen LogP contribution < -0.4 is 10.0 Å². The number of nitrogens with one attached hydrogen (secondary N) is 2. The molecule has 4 aromatic rings. The summed E-state index contributed by atoms with van der Waals surface area (Å²) in [6.07, 6.45) is 1.89. The normalized spacial score (nSPS) is 13.7. The van der Waals surface area contributed by atoms with E-state index in [1.807, 2.05) is 6.07 Å². The average molecular weight is 608 g/mol. The molecule has 5 rings (SSSR count). The fraction of sp³-hybridized carbons (Fsp3) is 0.192. The SMILES string of the molecule is CNC(=O)c1c(-c2ccc(Cl)cc2)oc2cc(NS(=O)(=O)Cc3ccc(Br)c(Cl)c3)c(C3CC3)cc12. The quantitative estimate of drug-likeness (QED) is 0.230. The van der Waals surface area contributed by atoms with Gasteiger partial charge in [0.2, 0.25) is 10.0 Å². The maximum Gasteiger partial charge on any atom is 0.255 e. The van der Waals surface area contributed by atoms with Crippen molar-refractivity contribution in [3.05, 3.63) is 85.8 Å². The number of carbonyl (C=O) groups excluding carboxylic acids is 1. The Bertz CT molecular complexity index is 1600. The molecule has 0 saturated heterocycles. The smallest absolute Gasteiger partial charge is 0.255 e. The van der Waals surface area contributed by atoms with Crippen LogP contribution in [0.4, 0.5) is 5.69 Å². The van der Waals surface area contributed by atoms with Crippen LogP contribution in [0.5, 0.6) is 0 Å². The van der Waals surface area contributed by atoms with Gasteiger partial charge in [0.1, 0.15) is 11.3 Å². The number of hydrogen-bond acceptors (Lipinski definition) is 4. The summed E-state index contributed by atoms with van der Waals surface area (Å²) in [6, 6.07) is 15.6. The van der Waals surface area contributed by atoms with E-state index < -0.39 is 10.0 Å². The Morgan fingerprint density at radius 2 is 1.81 bits per heavy atom. The van der Waals surface area contributed by atoms with Gasteiger partial charge in [-0.25, -0.2) is 8.42 Å². The number of anilines is 1. The molecule has 1 saturated carbocycles. The Kier molecular flexibility index (Phi) is 6.80. The van der Waals surface area contributed by atoms with Gasteiger partial charge in [0.25, 0.3) is 5.91 Å². The summed E-state index contributed by atoms with van der Waals surface area (Å²) in [7, 11) is -2.19. The fourth-order valence-corrected chi connectivity index (χ4v) is 5.97. The lowest BCUT2D eigenvalue weighted by molar-refractivity contribution is 0.0964. The Hall–Kier alpha value is -2.52. The molecule has 36 heavy (non-hydrogen) atoms. The molecule has 0 unspecified atom stereocenters. The van der Waals surface area contributed by atoms with Gasteiger partial charge in [0.15, 0.2) is 0 Å². The van der Waals surface area contributed by atoms with Gasteiger partial charge in [-0.05, 0) is 88.3 Å². The van der Waals surface area contributed by atoms with Crippen molar-refractivity contribution in [1.82, 2.24) is 5.32 Å². The van der Waals surface area contributed by atoms with Gasteiger partial charge in [-0.3, -0.25) is 9.52 Å². The maximum absolute atomic E-state index is 13.1. The van der Waals surface area contributed by atoms with Crippen LogP contribution >= 0.6 is 39.1 Å². The van der Waals surface area contributed by atoms with E-state index in [-0.39, 0.29) is 17.6 Å². The molecule has 1 aliphatic rings. The largest absolute Gasteiger partial charge is 0.455 e. The van der Waals surface area contributed by atoms with E-state index in [4.69, 9.17) is 27.6 Å². The summed E-state index contributed by atoms with van der Waals surface area (Å²) in [5.41, 5.74) is 3.36. The summed E-state index contributed by atoms with van der Waals surface area (Å²) >= 11 is 15.5. The summed E-state index contributed by atoms with van der Waals surface area (Å²) in [5.74, 6) is 0.0774. The molecule has 0 radical (unpaired) electrons. The second kappa shape index (κ2) is 9.74. The average Bonchev–Trinajstić information content (AvgIpc) is 3.61. The van der Waals surface area contributed by atoms with E-state index >= 15 is 0 Å². The summed E-state index contributed by atoms with van der Waals surface area (Å²) in [5, 5.41) is 4.32. The first kappa shape index (κ1) is 25.1.